The summed E-state index contributed by atoms with van der Waals surface area (Å²) in [6.45, 7) is 7.40. The third-order valence-corrected chi connectivity index (χ3v) is 6.30. The predicted molar refractivity (Wildman–Crippen MR) is 105 cm³/mol. The number of aryl methyl sites for hydroxylation is 2. The molecule has 1 amide bonds. The first-order valence-corrected chi connectivity index (χ1v) is 9.78. The van der Waals surface area contributed by atoms with E-state index in [9.17, 15) is 4.79 Å². The first kappa shape index (κ1) is 17.7. The first-order chi connectivity index (χ1) is 12.9. The number of carbonyl (C=O) groups is 1. The molecule has 0 saturated carbocycles. The Morgan fingerprint density at radius 3 is 2.74 bits per heavy atom. The van der Waals surface area contributed by atoms with Crippen molar-refractivity contribution in [2.45, 2.75) is 33.4 Å². The zero-order chi connectivity index (χ0) is 19.1. The molecule has 4 rings (SSSR count). The summed E-state index contributed by atoms with van der Waals surface area (Å²) in [5, 5.41) is 5.34. The van der Waals surface area contributed by atoms with Gasteiger partial charge in [0.2, 0.25) is 5.88 Å². The van der Waals surface area contributed by atoms with Gasteiger partial charge in [-0.2, -0.15) is 5.10 Å². The number of hydrogen-bond acceptors (Lipinski definition) is 5. The molecule has 0 radical (unpaired) electrons. The van der Waals surface area contributed by atoms with Crippen molar-refractivity contribution in [3.8, 4) is 16.5 Å². The number of ether oxygens (including phenoxy) is 1. The van der Waals surface area contributed by atoms with E-state index in [2.05, 4.69) is 36.3 Å². The average Bonchev–Trinajstić information content (AvgIpc) is 3.35. The number of amides is 1. The van der Waals surface area contributed by atoms with Gasteiger partial charge in [-0.1, -0.05) is 29.8 Å². The second kappa shape index (κ2) is 6.81. The Kier molecular flexibility index (Phi) is 4.47. The number of aromatic nitrogens is 3. The van der Waals surface area contributed by atoms with E-state index in [0.29, 0.717) is 24.7 Å². The van der Waals surface area contributed by atoms with Gasteiger partial charge in [0, 0.05) is 18.7 Å². The lowest BCUT2D eigenvalue weighted by Gasteiger charge is -2.23. The maximum Gasteiger partial charge on any atom is 0.274 e. The van der Waals surface area contributed by atoms with Crippen LogP contribution in [0.1, 0.15) is 39.6 Å². The van der Waals surface area contributed by atoms with Crippen LogP contribution in [0.15, 0.2) is 30.3 Å². The van der Waals surface area contributed by atoms with Gasteiger partial charge in [-0.3, -0.25) is 4.79 Å². The highest BCUT2D eigenvalue weighted by molar-refractivity contribution is 7.15. The van der Waals surface area contributed by atoms with E-state index < -0.39 is 0 Å². The standard InChI is InChI=1S/C20H22N4O2S/c1-12-5-7-15(8-6-12)19-21-13(2)18(27-19)14(3)23(4)20(25)16-11-17-24(22-16)9-10-26-17/h5-8,11,14H,9-10H2,1-4H3. The van der Waals surface area contributed by atoms with E-state index in [-0.39, 0.29) is 11.9 Å². The highest BCUT2D eigenvalue weighted by atomic mass is 32.1. The van der Waals surface area contributed by atoms with Gasteiger partial charge in [-0.15, -0.1) is 11.3 Å². The highest BCUT2D eigenvalue weighted by Crippen LogP contribution is 2.34. The lowest BCUT2D eigenvalue weighted by atomic mass is 10.1. The van der Waals surface area contributed by atoms with Gasteiger partial charge in [0.25, 0.3) is 5.91 Å². The largest absolute Gasteiger partial charge is 0.476 e. The molecule has 3 heterocycles. The second-order valence-electron chi connectivity index (χ2n) is 6.87. The van der Waals surface area contributed by atoms with Crippen LogP contribution in [0.4, 0.5) is 0 Å². The predicted octanol–water partition coefficient (Wildman–Crippen LogP) is 3.85. The highest BCUT2D eigenvalue weighted by Gasteiger charge is 2.27. The molecule has 140 valence electrons. The summed E-state index contributed by atoms with van der Waals surface area (Å²) in [6, 6.07) is 9.98. The average molecular weight is 382 g/mol. The third-order valence-electron chi connectivity index (χ3n) is 4.93. The van der Waals surface area contributed by atoms with Crippen molar-refractivity contribution in [1.82, 2.24) is 19.7 Å². The number of nitrogens with zero attached hydrogens (tertiary/aromatic N) is 4. The Morgan fingerprint density at radius 1 is 1.30 bits per heavy atom. The van der Waals surface area contributed by atoms with Crippen molar-refractivity contribution in [3.05, 3.63) is 52.2 Å². The van der Waals surface area contributed by atoms with Crippen LogP contribution in [-0.4, -0.2) is 39.2 Å². The van der Waals surface area contributed by atoms with E-state index in [1.807, 2.05) is 20.9 Å². The third kappa shape index (κ3) is 3.23. The molecule has 2 aromatic heterocycles. The lowest BCUT2D eigenvalue weighted by Crippen LogP contribution is -2.30. The zero-order valence-electron chi connectivity index (χ0n) is 15.9. The number of carbonyl (C=O) groups excluding carboxylic acids is 1. The zero-order valence-corrected chi connectivity index (χ0v) is 16.7. The number of fused-ring (bicyclic) bond motifs is 1. The molecule has 27 heavy (non-hydrogen) atoms. The van der Waals surface area contributed by atoms with Gasteiger partial charge in [0.05, 0.1) is 23.2 Å². The van der Waals surface area contributed by atoms with Gasteiger partial charge in [-0.25, -0.2) is 9.67 Å². The molecular weight excluding hydrogens is 360 g/mol. The minimum atomic E-state index is -0.113. The minimum absolute atomic E-state index is 0.0911. The van der Waals surface area contributed by atoms with Crippen molar-refractivity contribution in [2.75, 3.05) is 13.7 Å². The molecule has 1 aliphatic heterocycles. The van der Waals surface area contributed by atoms with Gasteiger partial charge in [0.1, 0.15) is 11.6 Å². The quantitative estimate of drug-likeness (QED) is 0.688. The van der Waals surface area contributed by atoms with Gasteiger partial charge < -0.3 is 9.64 Å². The van der Waals surface area contributed by atoms with Crippen LogP contribution in [0.25, 0.3) is 10.6 Å². The monoisotopic (exact) mass is 382 g/mol. The van der Waals surface area contributed by atoms with Crippen LogP contribution >= 0.6 is 11.3 Å². The van der Waals surface area contributed by atoms with Crippen LogP contribution in [0.2, 0.25) is 0 Å². The molecule has 0 N–H and O–H groups in total. The second-order valence-corrected chi connectivity index (χ2v) is 7.90. The summed E-state index contributed by atoms with van der Waals surface area (Å²) < 4.78 is 7.19. The SMILES string of the molecule is Cc1ccc(-c2nc(C)c(C(C)N(C)C(=O)c3cc4n(n3)CCO4)s2)cc1. The molecule has 6 nitrogen and oxygen atoms in total. The topological polar surface area (TPSA) is 60.2 Å². The van der Waals surface area contributed by atoms with Crippen LogP contribution in [0.5, 0.6) is 5.88 Å². The van der Waals surface area contributed by atoms with Crippen LogP contribution in [0, 0.1) is 13.8 Å². The van der Waals surface area contributed by atoms with Crippen molar-refractivity contribution in [1.29, 1.82) is 0 Å². The lowest BCUT2D eigenvalue weighted by molar-refractivity contribution is 0.0737. The Labute approximate surface area is 162 Å². The van der Waals surface area contributed by atoms with E-state index in [0.717, 1.165) is 21.1 Å². The van der Waals surface area contributed by atoms with E-state index in [1.54, 1.807) is 27.0 Å². The fraction of sp³-hybridized carbons (Fsp3) is 0.350. The normalized spacial score (nSPS) is 13.9. The Bertz CT molecular complexity index is 969. The molecule has 0 fully saturated rings. The summed E-state index contributed by atoms with van der Waals surface area (Å²) in [6.07, 6.45) is 0. The molecule has 1 aliphatic rings. The summed E-state index contributed by atoms with van der Waals surface area (Å²) in [4.78, 5) is 20.4. The maximum atomic E-state index is 12.9. The fourth-order valence-corrected chi connectivity index (χ4v) is 4.33. The molecule has 1 unspecified atom stereocenters. The number of rotatable bonds is 4. The van der Waals surface area contributed by atoms with Crippen molar-refractivity contribution >= 4 is 17.2 Å². The Hall–Kier alpha value is -2.67. The van der Waals surface area contributed by atoms with Gasteiger partial charge in [-0.05, 0) is 20.8 Å². The molecule has 1 aromatic carbocycles. The van der Waals surface area contributed by atoms with Crippen LogP contribution in [0.3, 0.4) is 0 Å². The van der Waals surface area contributed by atoms with Crippen molar-refractivity contribution < 1.29 is 9.53 Å². The molecule has 0 saturated heterocycles. The molecular formula is C20H22N4O2S. The Morgan fingerprint density at radius 2 is 2.04 bits per heavy atom. The smallest absolute Gasteiger partial charge is 0.274 e. The van der Waals surface area contributed by atoms with Crippen molar-refractivity contribution in [3.63, 3.8) is 0 Å². The summed E-state index contributed by atoms with van der Waals surface area (Å²) in [5.74, 6) is 0.549. The summed E-state index contributed by atoms with van der Waals surface area (Å²) in [7, 11) is 1.81. The molecule has 0 bridgehead atoms. The van der Waals surface area contributed by atoms with E-state index in [1.165, 1.54) is 5.56 Å². The molecule has 1 atom stereocenters. The van der Waals surface area contributed by atoms with Crippen LogP contribution in [-0.2, 0) is 6.54 Å². The fourth-order valence-electron chi connectivity index (χ4n) is 3.17. The summed E-state index contributed by atoms with van der Waals surface area (Å²) >= 11 is 1.64. The Balaban J connectivity index is 1.57. The molecule has 7 heteroatoms. The summed E-state index contributed by atoms with van der Waals surface area (Å²) in [5.41, 5.74) is 3.70. The number of benzene rings is 1. The maximum absolute atomic E-state index is 12.9. The number of hydrogen-bond donors (Lipinski definition) is 0. The van der Waals surface area contributed by atoms with Gasteiger partial charge in [0.15, 0.2) is 5.69 Å². The van der Waals surface area contributed by atoms with Gasteiger partial charge >= 0.3 is 0 Å². The molecule has 3 aromatic rings. The minimum Gasteiger partial charge on any atom is -0.476 e. The van der Waals surface area contributed by atoms with Crippen molar-refractivity contribution in [2.24, 2.45) is 0 Å². The molecule has 0 spiro atoms. The van der Waals surface area contributed by atoms with E-state index in [4.69, 9.17) is 9.72 Å². The van der Waals surface area contributed by atoms with E-state index >= 15 is 0 Å². The number of thiazole rings is 1. The first-order valence-electron chi connectivity index (χ1n) is 8.96. The van der Waals surface area contributed by atoms with Crippen LogP contribution < -0.4 is 4.74 Å². The molecule has 0 aliphatic carbocycles.